The molecular weight excluding hydrogens is 144 g/mol. The molecule has 0 radical (unpaired) electrons. The van der Waals surface area contributed by atoms with Gasteiger partial charge in [-0.25, -0.2) is 4.79 Å². The molecule has 0 aromatic heterocycles. The molecule has 0 bridgehead atoms. The number of carbonyl (C=O) groups is 1. The highest BCUT2D eigenvalue weighted by molar-refractivity contribution is 5.88. The molecule has 0 spiro atoms. The lowest BCUT2D eigenvalue weighted by molar-refractivity contribution is -0.139. The summed E-state index contributed by atoms with van der Waals surface area (Å²) in [7, 11) is 0. The molecule has 0 unspecified atom stereocenters. The SMILES string of the molecule is CCOC(=O)C1=COCCC1. The van der Waals surface area contributed by atoms with Crippen LogP contribution in [-0.4, -0.2) is 19.2 Å². The Balaban J connectivity index is 2.44. The van der Waals surface area contributed by atoms with E-state index in [1.165, 1.54) is 6.26 Å². The monoisotopic (exact) mass is 156 g/mol. The molecule has 0 fully saturated rings. The summed E-state index contributed by atoms with van der Waals surface area (Å²) < 4.78 is 9.78. The molecule has 3 nitrogen and oxygen atoms in total. The van der Waals surface area contributed by atoms with Crippen LogP contribution in [0.1, 0.15) is 19.8 Å². The van der Waals surface area contributed by atoms with Gasteiger partial charge in [0.05, 0.1) is 25.0 Å². The van der Waals surface area contributed by atoms with Crippen LogP contribution in [0.3, 0.4) is 0 Å². The first-order valence-electron chi connectivity index (χ1n) is 3.82. The molecule has 1 rings (SSSR count). The summed E-state index contributed by atoms with van der Waals surface area (Å²) in [5.74, 6) is -0.243. The van der Waals surface area contributed by atoms with E-state index in [9.17, 15) is 4.79 Å². The van der Waals surface area contributed by atoms with Crippen LogP contribution in [0.25, 0.3) is 0 Å². The molecule has 0 aromatic rings. The van der Waals surface area contributed by atoms with E-state index < -0.39 is 0 Å². The Morgan fingerprint density at radius 3 is 3.18 bits per heavy atom. The van der Waals surface area contributed by atoms with Gasteiger partial charge in [-0.2, -0.15) is 0 Å². The van der Waals surface area contributed by atoms with Crippen molar-refractivity contribution in [1.82, 2.24) is 0 Å². The van der Waals surface area contributed by atoms with Gasteiger partial charge in [0, 0.05) is 0 Å². The van der Waals surface area contributed by atoms with Gasteiger partial charge >= 0.3 is 5.97 Å². The molecule has 11 heavy (non-hydrogen) atoms. The quantitative estimate of drug-likeness (QED) is 0.564. The van der Waals surface area contributed by atoms with Gasteiger partial charge in [-0.15, -0.1) is 0 Å². The summed E-state index contributed by atoms with van der Waals surface area (Å²) in [4.78, 5) is 11.0. The lowest BCUT2D eigenvalue weighted by Gasteiger charge is -2.11. The van der Waals surface area contributed by atoms with E-state index in [-0.39, 0.29) is 5.97 Å². The number of hydrogen-bond acceptors (Lipinski definition) is 3. The number of hydrogen-bond donors (Lipinski definition) is 0. The third-order valence-corrected chi connectivity index (χ3v) is 1.47. The second kappa shape index (κ2) is 4.01. The minimum Gasteiger partial charge on any atom is -0.501 e. The molecule has 0 aromatic carbocycles. The van der Waals surface area contributed by atoms with Crippen LogP contribution in [0.15, 0.2) is 11.8 Å². The molecule has 0 saturated carbocycles. The van der Waals surface area contributed by atoms with Gasteiger partial charge in [-0.1, -0.05) is 0 Å². The van der Waals surface area contributed by atoms with Gasteiger partial charge in [0.2, 0.25) is 0 Å². The van der Waals surface area contributed by atoms with Crippen LogP contribution in [0.5, 0.6) is 0 Å². The van der Waals surface area contributed by atoms with Gasteiger partial charge in [-0.3, -0.25) is 0 Å². The van der Waals surface area contributed by atoms with Crippen molar-refractivity contribution in [3.05, 3.63) is 11.8 Å². The Hall–Kier alpha value is -0.990. The maximum atomic E-state index is 11.0. The van der Waals surface area contributed by atoms with Gasteiger partial charge in [-0.05, 0) is 19.8 Å². The topological polar surface area (TPSA) is 35.5 Å². The summed E-state index contributed by atoms with van der Waals surface area (Å²) in [6, 6.07) is 0. The Bertz CT molecular complexity index is 172. The fraction of sp³-hybridized carbons (Fsp3) is 0.625. The summed E-state index contributed by atoms with van der Waals surface area (Å²) >= 11 is 0. The van der Waals surface area contributed by atoms with E-state index in [1.807, 2.05) is 0 Å². The molecule has 0 saturated heterocycles. The van der Waals surface area contributed by atoms with Crippen LogP contribution in [0.2, 0.25) is 0 Å². The van der Waals surface area contributed by atoms with Crippen molar-refractivity contribution < 1.29 is 14.3 Å². The Morgan fingerprint density at radius 1 is 1.82 bits per heavy atom. The minimum absolute atomic E-state index is 0.243. The van der Waals surface area contributed by atoms with E-state index in [0.29, 0.717) is 18.8 Å². The van der Waals surface area contributed by atoms with Crippen molar-refractivity contribution >= 4 is 5.97 Å². The van der Waals surface area contributed by atoms with Crippen molar-refractivity contribution in [1.29, 1.82) is 0 Å². The number of esters is 1. The van der Waals surface area contributed by atoms with Crippen molar-refractivity contribution in [2.75, 3.05) is 13.2 Å². The normalized spacial score (nSPS) is 16.6. The van der Waals surface area contributed by atoms with Gasteiger partial charge in [0.1, 0.15) is 0 Å². The van der Waals surface area contributed by atoms with Crippen LogP contribution in [0, 0.1) is 0 Å². The highest BCUT2D eigenvalue weighted by Gasteiger charge is 2.13. The highest BCUT2D eigenvalue weighted by atomic mass is 16.5. The molecule has 1 aliphatic heterocycles. The van der Waals surface area contributed by atoms with E-state index in [0.717, 1.165) is 12.8 Å². The molecular formula is C8H12O3. The summed E-state index contributed by atoms with van der Waals surface area (Å²) in [6.07, 6.45) is 3.19. The van der Waals surface area contributed by atoms with Crippen LogP contribution < -0.4 is 0 Å². The van der Waals surface area contributed by atoms with Crippen molar-refractivity contribution in [2.24, 2.45) is 0 Å². The zero-order chi connectivity index (χ0) is 8.10. The van der Waals surface area contributed by atoms with Crippen molar-refractivity contribution in [2.45, 2.75) is 19.8 Å². The first kappa shape index (κ1) is 8.11. The molecule has 0 aliphatic carbocycles. The maximum absolute atomic E-state index is 11.0. The van der Waals surface area contributed by atoms with Crippen LogP contribution >= 0.6 is 0 Å². The smallest absolute Gasteiger partial charge is 0.337 e. The molecule has 0 N–H and O–H groups in total. The zero-order valence-electron chi connectivity index (χ0n) is 6.63. The number of ether oxygens (including phenoxy) is 2. The molecule has 3 heteroatoms. The number of carbonyl (C=O) groups excluding carboxylic acids is 1. The van der Waals surface area contributed by atoms with Crippen molar-refractivity contribution in [3.8, 4) is 0 Å². The van der Waals surface area contributed by atoms with E-state index >= 15 is 0 Å². The van der Waals surface area contributed by atoms with Crippen molar-refractivity contribution in [3.63, 3.8) is 0 Å². The number of rotatable bonds is 2. The molecule has 62 valence electrons. The second-order valence-corrected chi connectivity index (χ2v) is 2.34. The zero-order valence-corrected chi connectivity index (χ0v) is 6.63. The van der Waals surface area contributed by atoms with Gasteiger partial charge in [0.25, 0.3) is 0 Å². The summed E-state index contributed by atoms with van der Waals surface area (Å²) in [6.45, 7) is 2.93. The first-order chi connectivity index (χ1) is 5.34. The molecule has 1 heterocycles. The third-order valence-electron chi connectivity index (χ3n) is 1.47. The average Bonchev–Trinajstić information content (AvgIpc) is 2.07. The minimum atomic E-state index is -0.243. The Labute approximate surface area is 66.0 Å². The third kappa shape index (κ3) is 2.26. The van der Waals surface area contributed by atoms with Crippen LogP contribution in [-0.2, 0) is 14.3 Å². The summed E-state index contributed by atoms with van der Waals surface area (Å²) in [5, 5.41) is 0. The Morgan fingerprint density at radius 2 is 2.64 bits per heavy atom. The first-order valence-corrected chi connectivity index (χ1v) is 3.82. The molecule has 0 atom stereocenters. The van der Waals surface area contributed by atoms with E-state index in [4.69, 9.17) is 9.47 Å². The van der Waals surface area contributed by atoms with Gasteiger partial charge < -0.3 is 9.47 Å². The predicted molar refractivity (Wildman–Crippen MR) is 39.9 cm³/mol. The summed E-state index contributed by atoms with van der Waals surface area (Å²) in [5.41, 5.74) is 0.651. The lowest BCUT2D eigenvalue weighted by Crippen LogP contribution is -2.11. The van der Waals surface area contributed by atoms with E-state index in [1.54, 1.807) is 6.92 Å². The molecule has 1 aliphatic rings. The lowest BCUT2D eigenvalue weighted by atomic mass is 10.1. The van der Waals surface area contributed by atoms with E-state index in [2.05, 4.69) is 0 Å². The maximum Gasteiger partial charge on any atom is 0.337 e. The fourth-order valence-electron chi connectivity index (χ4n) is 0.938. The predicted octanol–water partition coefficient (Wildman–Crippen LogP) is 1.24. The second-order valence-electron chi connectivity index (χ2n) is 2.34. The standard InChI is InChI=1S/C8H12O3/c1-2-11-8(9)7-4-3-5-10-6-7/h6H,2-5H2,1H3. The Kier molecular flexibility index (Phi) is 2.95. The van der Waals surface area contributed by atoms with Crippen LogP contribution in [0.4, 0.5) is 0 Å². The highest BCUT2D eigenvalue weighted by Crippen LogP contribution is 2.12. The largest absolute Gasteiger partial charge is 0.501 e. The van der Waals surface area contributed by atoms with Gasteiger partial charge in [0.15, 0.2) is 0 Å². The average molecular weight is 156 g/mol. The molecule has 0 amide bonds. The fourth-order valence-corrected chi connectivity index (χ4v) is 0.938.